The van der Waals surface area contributed by atoms with E-state index in [-0.39, 0.29) is 11.9 Å². The number of benzene rings is 1. The lowest BCUT2D eigenvalue weighted by Gasteiger charge is -2.24. The van der Waals surface area contributed by atoms with Crippen molar-refractivity contribution in [2.45, 2.75) is 32.2 Å². The highest BCUT2D eigenvalue weighted by atomic mass is 16.5. The molecule has 6 heteroatoms. The van der Waals surface area contributed by atoms with E-state index in [0.29, 0.717) is 25.4 Å². The zero-order valence-electron chi connectivity index (χ0n) is 16.1. The monoisotopic (exact) mass is 362 g/mol. The Morgan fingerprint density at radius 2 is 2.04 bits per heavy atom. The molecule has 26 heavy (non-hydrogen) atoms. The molecule has 1 aliphatic heterocycles. The van der Waals surface area contributed by atoms with Crippen LogP contribution in [0.4, 0.5) is 0 Å². The van der Waals surface area contributed by atoms with Crippen molar-refractivity contribution in [1.29, 1.82) is 0 Å². The van der Waals surface area contributed by atoms with Crippen molar-refractivity contribution in [3.63, 3.8) is 0 Å². The van der Waals surface area contributed by atoms with E-state index in [0.717, 1.165) is 43.7 Å². The highest BCUT2D eigenvalue weighted by molar-refractivity contribution is 5.78. The van der Waals surface area contributed by atoms with Gasteiger partial charge in [0, 0.05) is 20.0 Å². The highest BCUT2D eigenvalue weighted by Crippen LogP contribution is 2.21. The van der Waals surface area contributed by atoms with Crippen LogP contribution in [0, 0.1) is 5.92 Å². The second kappa shape index (κ2) is 10.2. The summed E-state index contributed by atoms with van der Waals surface area (Å²) >= 11 is 0. The molecule has 0 saturated carbocycles. The van der Waals surface area contributed by atoms with Crippen LogP contribution in [0.15, 0.2) is 24.3 Å². The van der Waals surface area contributed by atoms with E-state index in [4.69, 9.17) is 9.47 Å². The standard InChI is InChI=1S/C20H30N2O4/c1-21(14-17-6-4-8-18(12-17)25-2)19(23)15-22-10-5-7-16(9-11-22)13-20(24)26-3/h4,6,8,12,16H,5,7,9-11,13-15H2,1-3H3/t16-/m0/s1. The molecular weight excluding hydrogens is 332 g/mol. The fourth-order valence-electron chi connectivity index (χ4n) is 3.35. The molecule has 1 atom stereocenters. The van der Waals surface area contributed by atoms with Gasteiger partial charge in [0.2, 0.25) is 5.91 Å². The number of likely N-dealkylation sites (N-methyl/N-ethyl adjacent to an activating group) is 1. The molecule has 0 N–H and O–H groups in total. The maximum absolute atomic E-state index is 12.6. The van der Waals surface area contributed by atoms with E-state index in [1.807, 2.05) is 31.3 Å². The van der Waals surface area contributed by atoms with Gasteiger partial charge in [-0.3, -0.25) is 14.5 Å². The predicted octanol–water partition coefficient (Wildman–Crippen LogP) is 2.32. The molecule has 0 aliphatic carbocycles. The van der Waals surface area contributed by atoms with Gasteiger partial charge in [0.25, 0.3) is 0 Å². The molecule has 6 nitrogen and oxygen atoms in total. The van der Waals surface area contributed by atoms with Gasteiger partial charge in [-0.2, -0.15) is 0 Å². The zero-order valence-corrected chi connectivity index (χ0v) is 16.1. The van der Waals surface area contributed by atoms with Crippen LogP contribution in [0.3, 0.4) is 0 Å². The molecule has 1 aromatic carbocycles. The third-order valence-electron chi connectivity index (χ3n) is 4.96. The van der Waals surface area contributed by atoms with Crippen molar-refractivity contribution >= 4 is 11.9 Å². The average Bonchev–Trinajstić information content (AvgIpc) is 2.86. The van der Waals surface area contributed by atoms with E-state index in [2.05, 4.69) is 4.90 Å². The molecule has 0 radical (unpaired) electrons. The Morgan fingerprint density at radius 3 is 2.77 bits per heavy atom. The summed E-state index contributed by atoms with van der Waals surface area (Å²) in [5, 5.41) is 0. The molecule has 0 unspecified atom stereocenters. The van der Waals surface area contributed by atoms with E-state index in [9.17, 15) is 9.59 Å². The van der Waals surface area contributed by atoms with E-state index in [1.165, 1.54) is 7.11 Å². The summed E-state index contributed by atoms with van der Waals surface area (Å²) in [5.41, 5.74) is 1.05. The summed E-state index contributed by atoms with van der Waals surface area (Å²) in [5.74, 6) is 1.13. The minimum Gasteiger partial charge on any atom is -0.497 e. The molecular formula is C20H30N2O4. The normalized spacial score (nSPS) is 18.0. The number of ether oxygens (including phenoxy) is 2. The van der Waals surface area contributed by atoms with Gasteiger partial charge >= 0.3 is 5.97 Å². The van der Waals surface area contributed by atoms with Gasteiger partial charge in [0.05, 0.1) is 20.8 Å². The van der Waals surface area contributed by atoms with Crippen molar-refractivity contribution in [2.75, 3.05) is 40.9 Å². The predicted molar refractivity (Wildman–Crippen MR) is 99.9 cm³/mol. The Balaban J connectivity index is 1.81. The van der Waals surface area contributed by atoms with Crippen LogP contribution in [0.1, 0.15) is 31.2 Å². The Kier molecular flexibility index (Phi) is 7.91. The quantitative estimate of drug-likeness (QED) is 0.697. The molecule has 0 spiro atoms. The number of methoxy groups -OCH3 is 2. The third kappa shape index (κ3) is 6.33. The van der Waals surface area contributed by atoms with Crippen LogP contribution in [0.2, 0.25) is 0 Å². The van der Waals surface area contributed by atoms with Gasteiger partial charge in [0.15, 0.2) is 0 Å². The number of hydrogen-bond donors (Lipinski definition) is 0. The molecule has 0 bridgehead atoms. The number of nitrogens with zero attached hydrogens (tertiary/aromatic N) is 2. The van der Waals surface area contributed by atoms with E-state index >= 15 is 0 Å². The van der Waals surface area contributed by atoms with Gasteiger partial charge < -0.3 is 14.4 Å². The Morgan fingerprint density at radius 1 is 1.23 bits per heavy atom. The second-order valence-corrected chi connectivity index (χ2v) is 6.95. The SMILES string of the molecule is COC(=O)C[C@H]1CCCN(CC(=O)N(C)Cc2cccc(OC)c2)CC1. The fraction of sp³-hybridized carbons (Fsp3) is 0.600. The maximum atomic E-state index is 12.6. The Bertz CT molecular complexity index is 605. The van der Waals surface area contributed by atoms with Crippen LogP contribution >= 0.6 is 0 Å². The largest absolute Gasteiger partial charge is 0.497 e. The number of hydrogen-bond acceptors (Lipinski definition) is 5. The number of carbonyl (C=O) groups excluding carboxylic acids is 2. The summed E-state index contributed by atoms with van der Waals surface area (Å²) in [6, 6.07) is 7.78. The van der Waals surface area contributed by atoms with E-state index in [1.54, 1.807) is 12.0 Å². The minimum absolute atomic E-state index is 0.110. The lowest BCUT2D eigenvalue weighted by molar-refractivity contribution is -0.141. The summed E-state index contributed by atoms with van der Waals surface area (Å²) in [4.78, 5) is 28.0. The molecule has 1 amide bonds. The molecule has 2 rings (SSSR count). The zero-order chi connectivity index (χ0) is 18.9. The van der Waals surface area contributed by atoms with Crippen molar-refractivity contribution in [2.24, 2.45) is 5.92 Å². The number of rotatable bonds is 7. The molecule has 0 aromatic heterocycles. The van der Waals surface area contributed by atoms with Crippen LogP contribution in [-0.2, 0) is 20.9 Å². The first-order valence-electron chi connectivity index (χ1n) is 9.18. The molecule has 1 fully saturated rings. The van der Waals surface area contributed by atoms with Crippen LogP contribution in [0.25, 0.3) is 0 Å². The van der Waals surface area contributed by atoms with Gasteiger partial charge in [-0.25, -0.2) is 0 Å². The fourth-order valence-corrected chi connectivity index (χ4v) is 3.35. The van der Waals surface area contributed by atoms with Crippen LogP contribution < -0.4 is 4.74 Å². The van der Waals surface area contributed by atoms with Gasteiger partial charge in [-0.15, -0.1) is 0 Å². The lowest BCUT2D eigenvalue weighted by Crippen LogP contribution is -2.38. The average molecular weight is 362 g/mol. The minimum atomic E-state index is -0.141. The Hall–Kier alpha value is -2.08. The summed E-state index contributed by atoms with van der Waals surface area (Å²) < 4.78 is 10.0. The van der Waals surface area contributed by atoms with Crippen LogP contribution in [-0.4, -0.2) is 62.6 Å². The molecule has 144 valence electrons. The first-order chi connectivity index (χ1) is 12.5. The van der Waals surface area contributed by atoms with Crippen molar-refractivity contribution < 1.29 is 19.1 Å². The smallest absolute Gasteiger partial charge is 0.305 e. The number of amides is 1. The lowest BCUT2D eigenvalue weighted by atomic mass is 9.97. The number of likely N-dealkylation sites (tertiary alicyclic amines) is 1. The number of carbonyl (C=O) groups is 2. The highest BCUT2D eigenvalue weighted by Gasteiger charge is 2.22. The van der Waals surface area contributed by atoms with Crippen LogP contribution in [0.5, 0.6) is 5.75 Å². The van der Waals surface area contributed by atoms with Gasteiger partial charge in [0.1, 0.15) is 5.75 Å². The third-order valence-corrected chi connectivity index (χ3v) is 4.96. The first kappa shape index (κ1) is 20.2. The molecule has 1 heterocycles. The van der Waals surface area contributed by atoms with Crippen molar-refractivity contribution in [1.82, 2.24) is 9.80 Å². The molecule has 1 saturated heterocycles. The van der Waals surface area contributed by atoms with E-state index < -0.39 is 0 Å². The summed E-state index contributed by atoms with van der Waals surface area (Å²) in [6.45, 7) is 2.73. The maximum Gasteiger partial charge on any atom is 0.305 e. The summed E-state index contributed by atoms with van der Waals surface area (Å²) in [7, 11) is 4.91. The number of esters is 1. The second-order valence-electron chi connectivity index (χ2n) is 6.95. The topological polar surface area (TPSA) is 59.1 Å². The van der Waals surface area contributed by atoms with Gasteiger partial charge in [-0.05, 0) is 56.0 Å². The Labute approximate surface area is 156 Å². The summed E-state index contributed by atoms with van der Waals surface area (Å²) in [6.07, 6.45) is 3.43. The van der Waals surface area contributed by atoms with Gasteiger partial charge in [-0.1, -0.05) is 12.1 Å². The molecule has 1 aliphatic rings. The molecule has 1 aromatic rings. The first-order valence-corrected chi connectivity index (χ1v) is 9.18. The van der Waals surface area contributed by atoms with Crippen molar-refractivity contribution in [3.05, 3.63) is 29.8 Å². The van der Waals surface area contributed by atoms with Crippen molar-refractivity contribution in [3.8, 4) is 5.75 Å².